The molecule has 0 aromatic heterocycles. The van der Waals surface area contributed by atoms with Crippen LogP contribution in [-0.2, 0) is 14.3 Å². The third-order valence-electron chi connectivity index (χ3n) is 7.39. The number of carbonyl (C=O) groups excluding carboxylic acids is 3. The number of rotatable bonds is 4. The molecular weight excluding hydrogens is 498 g/mol. The number of hydrogen-bond acceptors (Lipinski definition) is 8. The molecule has 2 aromatic carbocycles. The number of methoxy groups -OCH3 is 3. The zero-order chi connectivity index (χ0) is 26.6. The molecule has 2 heterocycles. The van der Waals surface area contributed by atoms with Crippen molar-refractivity contribution in [1.29, 1.82) is 0 Å². The van der Waals surface area contributed by atoms with Gasteiger partial charge >= 0.3 is 5.97 Å². The molecule has 9 heteroatoms. The summed E-state index contributed by atoms with van der Waals surface area (Å²) < 4.78 is 22.2. The smallest absolute Gasteiger partial charge is 0.336 e. The number of allylic oxidation sites excluding steroid dienone is 2. The van der Waals surface area contributed by atoms with Crippen molar-refractivity contribution >= 4 is 29.1 Å². The third-order valence-corrected chi connectivity index (χ3v) is 7.75. The minimum atomic E-state index is -1.88. The summed E-state index contributed by atoms with van der Waals surface area (Å²) in [5.74, 6) is -2.44. The van der Waals surface area contributed by atoms with E-state index < -0.39 is 35.0 Å². The van der Waals surface area contributed by atoms with Gasteiger partial charge in [-0.25, -0.2) is 4.79 Å². The molecule has 2 aromatic rings. The van der Waals surface area contributed by atoms with E-state index in [9.17, 15) is 14.4 Å². The van der Waals surface area contributed by atoms with Gasteiger partial charge in [0.25, 0.3) is 0 Å². The molecule has 1 aliphatic carbocycles. The number of halogens is 1. The Kier molecular flexibility index (Phi) is 6.02. The summed E-state index contributed by atoms with van der Waals surface area (Å²) in [6.07, 6.45) is 0.326. The highest BCUT2D eigenvalue weighted by atomic mass is 35.5. The van der Waals surface area contributed by atoms with Crippen LogP contribution < -0.4 is 19.5 Å². The third kappa shape index (κ3) is 3.39. The lowest BCUT2D eigenvalue weighted by atomic mass is 9.65. The van der Waals surface area contributed by atoms with Crippen molar-refractivity contribution in [3.05, 3.63) is 75.1 Å². The monoisotopic (exact) mass is 523 g/mol. The molecule has 1 spiro atoms. The van der Waals surface area contributed by atoms with E-state index in [0.717, 1.165) is 5.56 Å². The Hall–Kier alpha value is -3.78. The molecular formula is C28H26ClNO7. The normalized spacial score (nSPS) is 24.4. The lowest BCUT2D eigenvalue weighted by Crippen LogP contribution is -2.58. The Morgan fingerprint density at radius 3 is 2.38 bits per heavy atom. The first-order valence-corrected chi connectivity index (χ1v) is 12.2. The number of carbonyl (C=O) groups is 3. The summed E-state index contributed by atoms with van der Waals surface area (Å²) >= 11 is 6.55. The van der Waals surface area contributed by atoms with Gasteiger partial charge in [-0.15, -0.1) is 0 Å². The maximum absolute atomic E-state index is 14.6. The van der Waals surface area contributed by atoms with Gasteiger partial charge in [0.2, 0.25) is 17.2 Å². The summed E-state index contributed by atoms with van der Waals surface area (Å²) in [6.45, 7) is 3.56. The Morgan fingerprint density at radius 2 is 1.76 bits per heavy atom. The highest BCUT2D eigenvalue weighted by molar-refractivity contribution is 6.36. The van der Waals surface area contributed by atoms with E-state index in [4.69, 9.17) is 30.5 Å². The van der Waals surface area contributed by atoms with Crippen LogP contribution in [0.2, 0.25) is 5.02 Å². The fourth-order valence-electron chi connectivity index (χ4n) is 5.63. The summed E-state index contributed by atoms with van der Waals surface area (Å²) in [7, 11) is 4.15. The Balaban J connectivity index is 1.71. The van der Waals surface area contributed by atoms with Gasteiger partial charge in [-0.2, -0.15) is 0 Å². The highest BCUT2D eigenvalue weighted by Crippen LogP contribution is 2.56. The average Bonchev–Trinajstić information content (AvgIpc) is 3.22. The van der Waals surface area contributed by atoms with Crippen LogP contribution in [0.5, 0.6) is 17.2 Å². The Morgan fingerprint density at radius 1 is 1.08 bits per heavy atom. The summed E-state index contributed by atoms with van der Waals surface area (Å²) in [5, 5.41) is 3.32. The van der Waals surface area contributed by atoms with Crippen LogP contribution in [0.25, 0.3) is 0 Å². The summed E-state index contributed by atoms with van der Waals surface area (Å²) in [4.78, 5) is 41.6. The Labute approximate surface area is 219 Å². The van der Waals surface area contributed by atoms with Gasteiger partial charge in [0.05, 0.1) is 26.9 Å². The minimum absolute atomic E-state index is 0.0482. The second kappa shape index (κ2) is 8.95. The molecule has 0 amide bonds. The van der Waals surface area contributed by atoms with Crippen LogP contribution >= 0.6 is 11.6 Å². The van der Waals surface area contributed by atoms with Crippen LogP contribution in [-0.4, -0.2) is 44.5 Å². The molecule has 3 atom stereocenters. The molecule has 1 N–H and O–H groups in total. The van der Waals surface area contributed by atoms with Crippen molar-refractivity contribution in [3.63, 3.8) is 0 Å². The number of esters is 1. The van der Waals surface area contributed by atoms with Crippen molar-refractivity contribution < 1.29 is 33.3 Å². The zero-order valence-corrected chi connectivity index (χ0v) is 21.8. The maximum atomic E-state index is 14.6. The second-order valence-corrected chi connectivity index (χ2v) is 9.67. The first-order chi connectivity index (χ1) is 17.7. The quantitative estimate of drug-likeness (QED) is 0.466. The van der Waals surface area contributed by atoms with Gasteiger partial charge in [-0.3, -0.25) is 9.59 Å². The fraction of sp³-hybridized carbons (Fsp3) is 0.321. The standard InChI is InChI=1S/C28H26ClNO7/c1-13-11-16-21(20(15-9-7-6-8-10-15)19(14(2)30-16)27(33)36-5)25(31)28(13)26(32)22-17(34-3)12-18(35-4)23(29)24(22)37-28/h6-10,12-13,20,30H,11H2,1-5H3/t13-,20-,28+/m1/s1. The lowest BCUT2D eigenvalue weighted by molar-refractivity contribution is -0.136. The molecule has 0 saturated carbocycles. The predicted octanol–water partition coefficient (Wildman–Crippen LogP) is 4.37. The van der Waals surface area contributed by atoms with Crippen molar-refractivity contribution in [1.82, 2.24) is 5.32 Å². The van der Waals surface area contributed by atoms with Crippen LogP contribution in [0.15, 0.2) is 58.9 Å². The maximum Gasteiger partial charge on any atom is 0.336 e. The van der Waals surface area contributed by atoms with Crippen LogP contribution in [0.4, 0.5) is 0 Å². The summed E-state index contributed by atoms with van der Waals surface area (Å²) in [6, 6.07) is 10.7. The zero-order valence-electron chi connectivity index (χ0n) is 21.1. The van der Waals surface area contributed by atoms with Crippen molar-refractivity contribution in [2.24, 2.45) is 5.92 Å². The van der Waals surface area contributed by atoms with Gasteiger partial charge in [0, 0.05) is 34.9 Å². The molecule has 0 bridgehead atoms. The van der Waals surface area contributed by atoms with E-state index >= 15 is 0 Å². The molecule has 0 radical (unpaired) electrons. The number of hydrogen-bond donors (Lipinski definition) is 1. The number of fused-ring (bicyclic) bond motifs is 1. The van der Waals surface area contributed by atoms with E-state index in [1.54, 1.807) is 13.8 Å². The molecule has 192 valence electrons. The minimum Gasteiger partial charge on any atom is -0.496 e. The number of benzene rings is 2. The van der Waals surface area contributed by atoms with E-state index in [2.05, 4.69) is 5.32 Å². The fourth-order valence-corrected chi connectivity index (χ4v) is 5.90. The molecule has 0 saturated heterocycles. The number of ether oxygens (including phenoxy) is 4. The van der Waals surface area contributed by atoms with Gasteiger partial charge in [-0.1, -0.05) is 48.9 Å². The van der Waals surface area contributed by atoms with E-state index in [-0.39, 0.29) is 27.8 Å². The van der Waals surface area contributed by atoms with Gasteiger partial charge in [0.15, 0.2) is 5.75 Å². The molecule has 0 fully saturated rings. The van der Waals surface area contributed by atoms with Crippen LogP contribution in [0, 0.1) is 5.92 Å². The van der Waals surface area contributed by atoms with Crippen molar-refractivity contribution in [2.45, 2.75) is 31.8 Å². The number of ketones is 2. The number of Topliss-reactive ketones (excluding diaryl/α,β-unsaturated/α-hetero) is 2. The lowest BCUT2D eigenvalue weighted by Gasteiger charge is -2.42. The molecule has 2 aliphatic heterocycles. The van der Waals surface area contributed by atoms with Crippen LogP contribution in [0.1, 0.15) is 42.1 Å². The average molecular weight is 524 g/mol. The Bertz CT molecular complexity index is 1410. The highest BCUT2D eigenvalue weighted by Gasteiger charge is 2.63. The first-order valence-electron chi connectivity index (χ1n) is 11.8. The van der Waals surface area contributed by atoms with Gasteiger partial charge in [0.1, 0.15) is 22.1 Å². The van der Waals surface area contributed by atoms with E-state index in [0.29, 0.717) is 29.0 Å². The molecule has 8 nitrogen and oxygen atoms in total. The van der Waals surface area contributed by atoms with Crippen molar-refractivity contribution in [2.75, 3.05) is 21.3 Å². The molecule has 5 rings (SSSR count). The SMILES string of the molecule is COC(=O)C1=C(C)NC2=C(C(=O)[C@@]3(Oc4c(Cl)c(OC)cc(OC)c4C3=O)[C@H](C)C2)[C@@H]1c1ccccc1. The molecule has 3 aliphatic rings. The topological polar surface area (TPSA) is 100 Å². The van der Waals surface area contributed by atoms with Gasteiger partial charge in [-0.05, 0) is 18.9 Å². The van der Waals surface area contributed by atoms with E-state index in [1.807, 2.05) is 30.3 Å². The number of nitrogens with one attached hydrogen (secondary N) is 1. The molecule has 37 heavy (non-hydrogen) atoms. The van der Waals surface area contributed by atoms with Crippen molar-refractivity contribution in [3.8, 4) is 17.2 Å². The summed E-state index contributed by atoms with van der Waals surface area (Å²) in [5.41, 5.74) is 0.749. The van der Waals surface area contributed by atoms with Crippen LogP contribution in [0.3, 0.4) is 0 Å². The molecule has 0 unspecified atom stereocenters. The largest absolute Gasteiger partial charge is 0.496 e. The predicted molar refractivity (Wildman–Crippen MR) is 135 cm³/mol. The first kappa shape index (κ1) is 24.9. The van der Waals surface area contributed by atoms with Gasteiger partial charge < -0.3 is 24.3 Å². The van der Waals surface area contributed by atoms with E-state index in [1.165, 1.54) is 27.4 Å². The second-order valence-electron chi connectivity index (χ2n) is 9.29. The number of dihydropyridines is 1.